The number of allylic oxidation sites excluding steroid dienone is 3. The van der Waals surface area contributed by atoms with Crippen LogP contribution in [0.4, 0.5) is 0 Å². The molecular weight excluding hydrogens is 304 g/mol. The second-order valence-electron chi connectivity index (χ2n) is 7.91. The van der Waals surface area contributed by atoms with Crippen molar-refractivity contribution in [2.45, 2.75) is 60.0 Å². The molecule has 0 saturated heterocycles. The minimum absolute atomic E-state index is 0.112. The van der Waals surface area contributed by atoms with Crippen LogP contribution in [0, 0.1) is 17.3 Å². The van der Waals surface area contributed by atoms with Gasteiger partial charge in [-0.05, 0) is 30.9 Å². The van der Waals surface area contributed by atoms with Gasteiger partial charge in [0.05, 0.1) is 0 Å². The van der Waals surface area contributed by atoms with Crippen LogP contribution in [-0.4, -0.2) is 18.0 Å². The first-order valence-corrected chi connectivity index (χ1v) is 8.76. The summed E-state index contributed by atoms with van der Waals surface area (Å²) in [5, 5.41) is 0. The summed E-state index contributed by atoms with van der Waals surface area (Å²) < 4.78 is 11.1. The minimum Gasteiger partial charge on any atom is -0.462 e. The molecule has 0 bridgehead atoms. The van der Waals surface area contributed by atoms with Crippen molar-refractivity contribution in [1.29, 1.82) is 0 Å². The molecule has 0 unspecified atom stereocenters. The Hall–Kier alpha value is -1.84. The Bertz CT molecular complexity index is 680. The number of hydrogen-bond acceptors (Lipinski definition) is 4. The number of carbonyl (C=O) groups is 2. The first kappa shape index (κ1) is 17.0. The van der Waals surface area contributed by atoms with Gasteiger partial charge in [0.25, 0.3) is 0 Å². The summed E-state index contributed by atoms with van der Waals surface area (Å²) in [6.45, 7) is 10.2. The maximum atomic E-state index is 12.1. The quantitative estimate of drug-likeness (QED) is 0.732. The number of ether oxygens (including phenoxy) is 2. The third-order valence-corrected chi connectivity index (χ3v) is 5.74. The molecule has 0 radical (unpaired) electrons. The van der Waals surface area contributed by atoms with E-state index in [2.05, 4.69) is 19.9 Å². The summed E-state index contributed by atoms with van der Waals surface area (Å²) >= 11 is 0. The Morgan fingerprint density at radius 1 is 1.46 bits per heavy atom. The highest BCUT2D eigenvalue weighted by atomic mass is 16.5. The molecule has 2 aliphatic carbocycles. The first-order chi connectivity index (χ1) is 11.2. The van der Waals surface area contributed by atoms with Crippen LogP contribution in [0.1, 0.15) is 53.9 Å². The summed E-state index contributed by atoms with van der Waals surface area (Å²) in [6, 6.07) is 0. The molecule has 0 N–H and O–H groups in total. The van der Waals surface area contributed by atoms with Crippen LogP contribution in [0.5, 0.6) is 0 Å². The molecule has 1 heterocycles. The fourth-order valence-corrected chi connectivity index (χ4v) is 3.93. The van der Waals surface area contributed by atoms with Crippen molar-refractivity contribution in [3.63, 3.8) is 0 Å². The van der Waals surface area contributed by atoms with Crippen molar-refractivity contribution in [3.8, 4) is 0 Å². The van der Waals surface area contributed by atoms with Gasteiger partial charge in [0.2, 0.25) is 0 Å². The van der Waals surface area contributed by atoms with Gasteiger partial charge < -0.3 is 9.47 Å². The summed E-state index contributed by atoms with van der Waals surface area (Å²) in [5.41, 5.74) is 2.75. The predicted molar refractivity (Wildman–Crippen MR) is 90.8 cm³/mol. The van der Waals surface area contributed by atoms with Crippen molar-refractivity contribution in [3.05, 3.63) is 34.6 Å². The lowest BCUT2D eigenvalue weighted by Gasteiger charge is -2.46. The second kappa shape index (κ2) is 5.91. The zero-order chi connectivity index (χ0) is 17.6. The second-order valence-corrected chi connectivity index (χ2v) is 7.91. The zero-order valence-electron chi connectivity index (χ0n) is 15.1. The van der Waals surface area contributed by atoms with Crippen LogP contribution in [0.2, 0.25) is 0 Å². The molecule has 0 aromatic carbocycles. The van der Waals surface area contributed by atoms with E-state index >= 15 is 0 Å². The fourth-order valence-electron chi connectivity index (χ4n) is 3.93. The van der Waals surface area contributed by atoms with Crippen molar-refractivity contribution < 1.29 is 19.1 Å². The topological polar surface area (TPSA) is 52.6 Å². The largest absolute Gasteiger partial charge is 0.462 e. The van der Waals surface area contributed by atoms with Gasteiger partial charge in [0, 0.05) is 35.3 Å². The van der Waals surface area contributed by atoms with Crippen LogP contribution in [0.25, 0.3) is 0 Å². The van der Waals surface area contributed by atoms with Crippen molar-refractivity contribution in [2.24, 2.45) is 17.3 Å². The molecule has 0 fully saturated rings. The molecule has 3 rings (SSSR count). The molecule has 130 valence electrons. The Balaban J connectivity index is 1.86. The lowest BCUT2D eigenvalue weighted by Crippen LogP contribution is -2.42. The van der Waals surface area contributed by atoms with Crippen LogP contribution in [0.15, 0.2) is 34.6 Å². The molecule has 0 spiro atoms. The summed E-state index contributed by atoms with van der Waals surface area (Å²) in [5.74, 6) is 0.814. The standard InChI is InChI=1S/C20H26O4/c1-11(2)8-18(21)23-16-7-6-14-9-17-15(12(3)19(22)24-17)10-20(14,5)13(16)4/h6,9,11,13,16H,7-8,10H2,1-5H3/t13-,16-,20+/m0/s1. The predicted octanol–water partition coefficient (Wildman–Crippen LogP) is 4.08. The molecule has 0 saturated carbocycles. The minimum atomic E-state index is -0.244. The number of hydrogen-bond donors (Lipinski definition) is 0. The van der Waals surface area contributed by atoms with Crippen LogP contribution in [-0.2, 0) is 19.1 Å². The highest BCUT2D eigenvalue weighted by molar-refractivity contribution is 5.94. The number of esters is 2. The summed E-state index contributed by atoms with van der Waals surface area (Å²) in [6.07, 6.45) is 5.94. The van der Waals surface area contributed by atoms with Crippen molar-refractivity contribution >= 4 is 11.9 Å². The van der Waals surface area contributed by atoms with Crippen LogP contribution in [0.3, 0.4) is 0 Å². The smallest absolute Gasteiger partial charge is 0.339 e. The monoisotopic (exact) mass is 330 g/mol. The van der Waals surface area contributed by atoms with E-state index in [0.29, 0.717) is 30.1 Å². The van der Waals surface area contributed by atoms with Gasteiger partial charge in [0.15, 0.2) is 0 Å². The maximum absolute atomic E-state index is 12.1. The SMILES string of the molecule is CC1=C2C[C@@]3(C)C(=CC[C@H](OC(=O)CC(C)C)[C@@H]3C)C=C2OC1=O. The number of carbonyl (C=O) groups excluding carboxylic acids is 2. The Morgan fingerprint density at radius 2 is 2.17 bits per heavy atom. The Morgan fingerprint density at radius 3 is 2.83 bits per heavy atom. The molecule has 4 nitrogen and oxygen atoms in total. The molecule has 0 amide bonds. The third kappa shape index (κ3) is 2.72. The van der Waals surface area contributed by atoms with Crippen molar-refractivity contribution in [2.75, 3.05) is 0 Å². The van der Waals surface area contributed by atoms with Gasteiger partial charge in [-0.2, -0.15) is 0 Å². The van der Waals surface area contributed by atoms with Gasteiger partial charge in [0.1, 0.15) is 11.9 Å². The fraction of sp³-hybridized carbons (Fsp3) is 0.600. The zero-order valence-corrected chi connectivity index (χ0v) is 15.1. The van der Waals surface area contributed by atoms with E-state index in [0.717, 1.165) is 12.0 Å². The molecular formula is C20H26O4. The first-order valence-electron chi connectivity index (χ1n) is 8.76. The van der Waals surface area contributed by atoms with E-state index in [1.165, 1.54) is 5.57 Å². The van der Waals surface area contributed by atoms with Crippen LogP contribution >= 0.6 is 0 Å². The van der Waals surface area contributed by atoms with Crippen LogP contribution < -0.4 is 0 Å². The highest BCUT2D eigenvalue weighted by Crippen LogP contribution is 2.53. The molecule has 24 heavy (non-hydrogen) atoms. The van der Waals surface area contributed by atoms with Crippen molar-refractivity contribution in [1.82, 2.24) is 0 Å². The third-order valence-electron chi connectivity index (χ3n) is 5.74. The van der Waals surface area contributed by atoms with E-state index in [1.54, 1.807) is 0 Å². The van der Waals surface area contributed by atoms with Gasteiger partial charge in [-0.1, -0.05) is 33.8 Å². The highest BCUT2D eigenvalue weighted by Gasteiger charge is 2.48. The number of rotatable bonds is 3. The molecule has 4 heteroatoms. The Labute approximate surface area is 143 Å². The molecule has 0 aromatic rings. The lowest BCUT2D eigenvalue weighted by atomic mass is 9.60. The molecule has 3 atom stereocenters. The molecule has 0 aromatic heterocycles. The van der Waals surface area contributed by atoms with E-state index in [9.17, 15) is 9.59 Å². The summed E-state index contributed by atoms with van der Waals surface area (Å²) in [7, 11) is 0. The van der Waals surface area contributed by atoms with Gasteiger partial charge in [-0.25, -0.2) is 4.79 Å². The van der Waals surface area contributed by atoms with E-state index < -0.39 is 0 Å². The van der Waals surface area contributed by atoms with E-state index in [1.807, 2.05) is 26.8 Å². The Kier molecular flexibility index (Phi) is 4.18. The maximum Gasteiger partial charge on any atom is 0.339 e. The normalized spacial score (nSPS) is 32.0. The van der Waals surface area contributed by atoms with Gasteiger partial charge in [-0.3, -0.25) is 4.79 Å². The van der Waals surface area contributed by atoms with Gasteiger partial charge in [-0.15, -0.1) is 0 Å². The van der Waals surface area contributed by atoms with Gasteiger partial charge >= 0.3 is 11.9 Å². The molecule has 3 aliphatic rings. The van der Waals surface area contributed by atoms with E-state index in [4.69, 9.17) is 9.47 Å². The van der Waals surface area contributed by atoms with E-state index in [-0.39, 0.29) is 29.4 Å². The number of fused-ring (bicyclic) bond motifs is 2. The average Bonchev–Trinajstić information content (AvgIpc) is 2.75. The lowest BCUT2D eigenvalue weighted by molar-refractivity contribution is -0.155. The average molecular weight is 330 g/mol. The summed E-state index contributed by atoms with van der Waals surface area (Å²) in [4.78, 5) is 23.9. The molecule has 1 aliphatic heterocycles.